The highest BCUT2D eigenvalue weighted by Gasteiger charge is 2.26. The smallest absolute Gasteiger partial charge is 0.404 e. The van der Waals surface area contributed by atoms with Gasteiger partial charge in [-0.15, -0.1) is 0 Å². The lowest BCUT2D eigenvalue weighted by Crippen LogP contribution is -2.32. The molecule has 1 aliphatic carbocycles. The Morgan fingerprint density at radius 3 is 2.71 bits per heavy atom. The fraction of sp³-hybridized carbons (Fsp3) is 0.545. The average Bonchev–Trinajstić information content (AvgIpc) is 2.40. The van der Waals surface area contributed by atoms with E-state index < -0.39 is 11.0 Å². The van der Waals surface area contributed by atoms with Gasteiger partial charge in [-0.05, 0) is 37.3 Å². The molecule has 0 aliphatic heterocycles. The van der Waals surface area contributed by atoms with Crippen molar-refractivity contribution >= 4 is 29.2 Å². The predicted octanol–water partition coefficient (Wildman–Crippen LogP) is 1.86. The van der Waals surface area contributed by atoms with Gasteiger partial charge in [0.05, 0.1) is 4.92 Å². The van der Waals surface area contributed by atoms with Crippen LogP contribution in [-0.4, -0.2) is 33.1 Å². The minimum atomic E-state index is -0.787. The van der Waals surface area contributed by atoms with Crippen molar-refractivity contribution in [1.82, 2.24) is 9.97 Å². The second-order valence-corrected chi connectivity index (χ2v) is 5.02. The fourth-order valence-corrected chi connectivity index (χ4v) is 2.41. The summed E-state index contributed by atoms with van der Waals surface area (Å²) in [6.07, 6.45) is 2.70. The number of nitro groups is 1. The van der Waals surface area contributed by atoms with E-state index in [2.05, 4.69) is 15.3 Å². The number of primary amides is 1. The lowest BCUT2D eigenvalue weighted by atomic mass is 9.93. The van der Waals surface area contributed by atoms with Gasteiger partial charge in [-0.1, -0.05) is 0 Å². The standard InChI is InChI=1S/C11H14ClN5O4/c12-10-14-5-8(17(19)20)9(16-10)15-6-1-3-7(4-2-6)21-11(13)18/h5-7H,1-4H2,(H2,13,18)(H,14,15,16). The van der Waals surface area contributed by atoms with Crippen LogP contribution in [0.15, 0.2) is 6.20 Å². The summed E-state index contributed by atoms with van der Waals surface area (Å²) < 4.78 is 4.93. The van der Waals surface area contributed by atoms with E-state index in [0.29, 0.717) is 25.7 Å². The van der Waals surface area contributed by atoms with E-state index in [0.717, 1.165) is 6.20 Å². The maximum absolute atomic E-state index is 10.9. The first kappa shape index (κ1) is 15.2. The molecule has 0 radical (unpaired) electrons. The number of ether oxygens (including phenoxy) is 1. The Morgan fingerprint density at radius 1 is 1.48 bits per heavy atom. The van der Waals surface area contributed by atoms with Gasteiger partial charge in [-0.2, -0.15) is 4.98 Å². The van der Waals surface area contributed by atoms with Crippen molar-refractivity contribution in [3.63, 3.8) is 0 Å². The molecule has 0 saturated heterocycles. The van der Waals surface area contributed by atoms with Gasteiger partial charge in [0.1, 0.15) is 12.3 Å². The third-order valence-electron chi connectivity index (χ3n) is 3.23. The molecular formula is C11H14ClN5O4. The zero-order chi connectivity index (χ0) is 15.4. The summed E-state index contributed by atoms with van der Waals surface area (Å²) in [5.74, 6) is 0.0965. The number of hydrogen-bond donors (Lipinski definition) is 2. The molecule has 0 atom stereocenters. The van der Waals surface area contributed by atoms with E-state index in [-0.39, 0.29) is 28.9 Å². The van der Waals surface area contributed by atoms with Gasteiger partial charge in [0, 0.05) is 6.04 Å². The Hall–Kier alpha value is -2.16. The quantitative estimate of drug-likeness (QED) is 0.492. The van der Waals surface area contributed by atoms with Gasteiger partial charge in [-0.3, -0.25) is 10.1 Å². The molecule has 0 unspecified atom stereocenters. The van der Waals surface area contributed by atoms with Crippen molar-refractivity contribution in [2.75, 3.05) is 5.32 Å². The summed E-state index contributed by atoms with van der Waals surface area (Å²) in [6, 6.07) is -0.0117. The van der Waals surface area contributed by atoms with E-state index >= 15 is 0 Å². The van der Waals surface area contributed by atoms with Gasteiger partial charge in [0.25, 0.3) is 0 Å². The van der Waals surface area contributed by atoms with Crippen LogP contribution in [0.3, 0.4) is 0 Å². The number of nitrogens with one attached hydrogen (secondary N) is 1. The molecule has 1 amide bonds. The highest BCUT2D eigenvalue weighted by Crippen LogP contribution is 2.28. The molecule has 0 spiro atoms. The predicted molar refractivity (Wildman–Crippen MR) is 74.0 cm³/mol. The Kier molecular flexibility index (Phi) is 4.73. The maximum Gasteiger partial charge on any atom is 0.404 e. The third-order valence-corrected chi connectivity index (χ3v) is 3.42. The molecule has 0 aromatic carbocycles. The number of nitrogens with zero attached hydrogens (tertiary/aromatic N) is 3. The van der Waals surface area contributed by atoms with E-state index in [1.807, 2.05) is 0 Å². The molecule has 1 heterocycles. The summed E-state index contributed by atoms with van der Waals surface area (Å²) >= 11 is 5.66. The van der Waals surface area contributed by atoms with Crippen LogP contribution in [-0.2, 0) is 4.74 Å². The van der Waals surface area contributed by atoms with Gasteiger partial charge >= 0.3 is 11.8 Å². The van der Waals surface area contributed by atoms with E-state index in [9.17, 15) is 14.9 Å². The van der Waals surface area contributed by atoms with E-state index in [4.69, 9.17) is 22.1 Å². The van der Waals surface area contributed by atoms with Crippen LogP contribution in [0.1, 0.15) is 25.7 Å². The van der Waals surface area contributed by atoms with Crippen molar-refractivity contribution < 1.29 is 14.5 Å². The molecule has 21 heavy (non-hydrogen) atoms. The zero-order valence-corrected chi connectivity index (χ0v) is 11.7. The lowest BCUT2D eigenvalue weighted by molar-refractivity contribution is -0.384. The van der Waals surface area contributed by atoms with Crippen LogP contribution in [0.25, 0.3) is 0 Å². The Balaban J connectivity index is 1.99. The molecular weight excluding hydrogens is 302 g/mol. The van der Waals surface area contributed by atoms with Crippen LogP contribution in [0.5, 0.6) is 0 Å². The number of nitrogens with two attached hydrogens (primary N) is 1. The number of hydrogen-bond acceptors (Lipinski definition) is 7. The van der Waals surface area contributed by atoms with Crippen molar-refractivity contribution in [3.8, 4) is 0 Å². The maximum atomic E-state index is 10.9. The summed E-state index contributed by atoms with van der Waals surface area (Å²) in [4.78, 5) is 28.5. The van der Waals surface area contributed by atoms with Crippen molar-refractivity contribution in [3.05, 3.63) is 21.6 Å². The monoisotopic (exact) mass is 315 g/mol. The first-order valence-electron chi connectivity index (χ1n) is 6.35. The topological polar surface area (TPSA) is 133 Å². The number of carbonyl (C=O) groups excluding carboxylic acids is 1. The summed E-state index contributed by atoms with van der Waals surface area (Å²) in [7, 11) is 0. The molecule has 10 heteroatoms. The molecule has 1 saturated carbocycles. The highest BCUT2D eigenvalue weighted by atomic mass is 35.5. The van der Waals surface area contributed by atoms with Crippen LogP contribution in [0.4, 0.5) is 16.3 Å². The van der Waals surface area contributed by atoms with Crippen molar-refractivity contribution in [2.24, 2.45) is 5.73 Å². The first-order chi connectivity index (χ1) is 9.95. The number of halogens is 1. The number of amides is 1. The van der Waals surface area contributed by atoms with E-state index in [1.54, 1.807) is 0 Å². The van der Waals surface area contributed by atoms with Gasteiger partial charge in [-0.25, -0.2) is 9.78 Å². The van der Waals surface area contributed by atoms with Crippen molar-refractivity contribution in [1.29, 1.82) is 0 Å². The van der Waals surface area contributed by atoms with Gasteiger partial charge < -0.3 is 15.8 Å². The Morgan fingerprint density at radius 2 is 2.14 bits per heavy atom. The molecule has 1 aromatic rings. The third kappa shape index (κ3) is 4.15. The fourth-order valence-electron chi connectivity index (χ4n) is 2.28. The minimum absolute atomic E-state index is 0.0117. The molecule has 9 nitrogen and oxygen atoms in total. The number of aromatic nitrogens is 2. The van der Waals surface area contributed by atoms with Gasteiger partial charge in [0.15, 0.2) is 0 Å². The molecule has 0 bridgehead atoms. The lowest BCUT2D eigenvalue weighted by Gasteiger charge is -2.28. The summed E-state index contributed by atoms with van der Waals surface area (Å²) in [6.45, 7) is 0. The van der Waals surface area contributed by atoms with Crippen LogP contribution < -0.4 is 11.1 Å². The highest BCUT2D eigenvalue weighted by molar-refractivity contribution is 6.28. The van der Waals surface area contributed by atoms with Crippen molar-refractivity contribution in [2.45, 2.75) is 37.8 Å². The second kappa shape index (κ2) is 6.53. The largest absolute Gasteiger partial charge is 0.446 e. The second-order valence-electron chi connectivity index (χ2n) is 4.68. The normalized spacial score (nSPS) is 21.6. The summed E-state index contributed by atoms with van der Waals surface area (Å²) in [5, 5.41) is 13.9. The SMILES string of the molecule is NC(=O)OC1CCC(Nc2nc(Cl)ncc2[N+](=O)[O-])CC1. The Labute approximate surface area is 125 Å². The minimum Gasteiger partial charge on any atom is -0.446 e. The molecule has 1 fully saturated rings. The van der Waals surface area contributed by atoms with Crippen LogP contribution in [0.2, 0.25) is 5.28 Å². The molecule has 3 N–H and O–H groups in total. The van der Waals surface area contributed by atoms with E-state index in [1.165, 1.54) is 0 Å². The molecule has 114 valence electrons. The molecule has 2 rings (SSSR count). The average molecular weight is 316 g/mol. The van der Waals surface area contributed by atoms with Crippen LogP contribution in [0, 0.1) is 10.1 Å². The number of anilines is 1. The number of carbonyl (C=O) groups is 1. The number of rotatable bonds is 4. The molecule has 1 aliphatic rings. The Bertz CT molecular complexity index is 547. The zero-order valence-electron chi connectivity index (χ0n) is 11.0. The van der Waals surface area contributed by atoms with Crippen LogP contribution >= 0.6 is 11.6 Å². The first-order valence-corrected chi connectivity index (χ1v) is 6.73. The van der Waals surface area contributed by atoms with Gasteiger partial charge in [0.2, 0.25) is 11.1 Å². The summed E-state index contributed by atoms with van der Waals surface area (Å²) in [5.41, 5.74) is 4.74. The molecule has 1 aromatic heterocycles.